The van der Waals surface area contributed by atoms with Gasteiger partial charge >= 0.3 is 5.97 Å². The Morgan fingerprint density at radius 3 is 2.53 bits per heavy atom. The van der Waals surface area contributed by atoms with E-state index in [-0.39, 0.29) is 5.91 Å². The lowest BCUT2D eigenvalue weighted by Crippen LogP contribution is -2.40. The van der Waals surface area contributed by atoms with Crippen molar-refractivity contribution >= 4 is 33.5 Å². The molecule has 1 unspecified atom stereocenters. The van der Waals surface area contributed by atoms with Crippen molar-refractivity contribution in [3.63, 3.8) is 0 Å². The molecule has 0 aromatic heterocycles. The van der Waals surface area contributed by atoms with Crippen LogP contribution in [0.15, 0.2) is 35.2 Å². The van der Waals surface area contributed by atoms with Gasteiger partial charge in [-0.3, -0.25) is 4.79 Å². The second-order valence-electron chi connectivity index (χ2n) is 3.99. The van der Waals surface area contributed by atoms with Crippen LogP contribution in [0.5, 0.6) is 0 Å². The summed E-state index contributed by atoms with van der Waals surface area (Å²) in [4.78, 5) is 24.9. The van der Waals surface area contributed by atoms with Gasteiger partial charge in [-0.2, -0.15) is 0 Å². The number of rotatable bonds is 7. The summed E-state index contributed by atoms with van der Waals surface area (Å²) in [5, 5.41) is 8.82. The molecule has 0 radical (unpaired) electrons. The molecular weight excluding hydrogens is 282 g/mol. The lowest BCUT2D eigenvalue weighted by atomic mass is 10.3. The molecule has 0 saturated carbocycles. The molecule has 0 spiro atoms. The first-order valence-corrected chi connectivity index (χ1v) is 8.17. The van der Waals surface area contributed by atoms with E-state index in [1.807, 2.05) is 30.3 Å². The number of benzene rings is 1. The molecule has 1 N–H and O–H groups in total. The number of carbonyl (C=O) groups excluding carboxylic acids is 1. The van der Waals surface area contributed by atoms with Crippen LogP contribution < -0.4 is 0 Å². The normalized spacial score (nSPS) is 11.9. The molecule has 0 bridgehead atoms. The Labute approximate surface area is 121 Å². The van der Waals surface area contributed by atoms with Gasteiger partial charge in [0.15, 0.2) is 0 Å². The third-order valence-corrected chi connectivity index (χ3v) is 5.01. The number of amides is 1. The van der Waals surface area contributed by atoms with Crippen molar-refractivity contribution in [2.45, 2.75) is 24.3 Å². The van der Waals surface area contributed by atoms with Gasteiger partial charge in [0.25, 0.3) is 0 Å². The molecule has 1 rings (SSSR count). The number of hydrogen-bond donors (Lipinski definition) is 1. The van der Waals surface area contributed by atoms with Crippen LogP contribution in [0.4, 0.5) is 0 Å². The molecule has 0 aliphatic rings. The van der Waals surface area contributed by atoms with Crippen molar-refractivity contribution in [2.75, 3.05) is 12.8 Å². The van der Waals surface area contributed by atoms with Crippen molar-refractivity contribution in [3.05, 3.63) is 30.3 Å². The summed E-state index contributed by atoms with van der Waals surface area (Å²) in [7, 11) is 4.74. The minimum absolute atomic E-state index is 0.143. The first-order valence-electron chi connectivity index (χ1n) is 5.85. The summed E-state index contributed by atoms with van der Waals surface area (Å²) in [6.07, 6.45) is 0.346. The predicted molar refractivity (Wildman–Crippen MR) is 79.2 cm³/mol. The lowest BCUT2D eigenvalue weighted by Gasteiger charge is -2.21. The zero-order valence-electron chi connectivity index (χ0n) is 10.9. The van der Waals surface area contributed by atoms with E-state index in [4.69, 9.17) is 5.11 Å². The Morgan fingerprint density at radius 1 is 1.32 bits per heavy atom. The van der Waals surface area contributed by atoms with E-state index in [1.165, 1.54) is 18.9 Å². The quantitative estimate of drug-likeness (QED) is 0.620. The van der Waals surface area contributed by atoms with Gasteiger partial charge in [0.2, 0.25) is 5.91 Å². The smallest absolute Gasteiger partial charge is 0.326 e. The fourth-order valence-electron chi connectivity index (χ4n) is 1.27. The number of carboxylic acid groups (broad SMARTS) is 1. The molecule has 1 amide bonds. The first kappa shape index (κ1) is 15.9. The topological polar surface area (TPSA) is 57.6 Å². The van der Waals surface area contributed by atoms with Gasteiger partial charge in [-0.05, 0) is 19.1 Å². The lowest BCUT2D eigenvalue weighted by molar-refractivity contribution is -0.148. The number of aliphatic carboxylic acids is 1. The highest BCUT2D eigenvalue weighted by Crippen LogP contribution is 2.30. The molecule has 0 aliphatic carbocycles. The van der Waals surface area contributed by atoms with Crippen LogP contribution >= 0.6 is 21.6 Å². The van der Waals surface area contributed by atoms with E-state index in [0.717, 1.165) is 4.90 Å². The molecule has 0 fully saturated rings. The van der Waals surface area contributed by atoms with Crippen molar-refractivity contribution in [1.82, 2.24) is 4.90 Å². The summed E-state index contributed by atoms with van der Waals surface area (Å²) >= 11 is 0. The third-order valence-electron chi connectivity index (χ3n) is 2.63. The van der Waals surface area contributed by atoms with Crippen LogP contribution in [-0.2, 0) is 9.59 Å². The molecular formula is C13H17NO3S2. The van der Waals surface area contributed by atoms with Gasteiger partial charge in [-0.1, -0.05) is 39.8 Å². The molecule has 1 aromatic rings. The average Bonchev–Trinajstić information content (AvgIpc) is 2.42. The van der Waals surface area contributed by atoms with Gasteiger partial charge < -0.3 is 10.0 Å². The molecule has 19 heavy (non-hydrogen) atoms. The summed E-state index contributed by atoms with van der Waals surface area (Å²) in [5.74, 6) is -0.465. The molecule has 0 saturated heterocycles. The molecule has 1 aromatic carbocycles. The fourth-order valence-corrected chi connectivity index (χ4v) is 3.26. The third kappa shape index (κ3) is 5.57. The maximum Gasteiger partial charge on any atom is 0.326 e. The standard InChI is InChI=1S/C13H17NO3S2/c1-10(13(16)17)14(2)12(15)8-9-18-19-11-6-4-3-5-7-11/h3-7,10H,8-9H2,1-2H3,(H,16,17). The van der Waals surface area contributed by atoms with Crippen molar-refractivity contribution in [2.24, 2.45) is 0 Å². The second kappa shape index (κ2) is 8.12. The van der Waals surface area contributed by atoms with Crippen LogP contribution in [-0.4, -0.2) is 40.7 Å². The monoisotopic (exact) mass is 299 g/mol. The number of likely N-dealkylation sites (N-methyl/N-ethyl adjacent to an activating group) is 1. The van der Waals surface area contributed by atoms with Gasteiger partial charge in [-0.15, -0.1) is 0 Å². The summed E-state index contributed by atoms with van der Waals surface area (Å²) < 4.78 is 0. The molecule has 4 nitrogen and oxygen atoms in total. The Kier molecular flexibility index (Phi) is 6.80. The van der Waals surface area contributed by atoms with E-state index in [9.17, 15) is 9.59 Å². The number of hydrogen-bond acceptors (Lipinski definition) is 4. The first-order chi connectivity index (χ1) is 9.02. The maximum absolute atomic E-state index is 11.7. The molecule has 0 heterocycles. The number of carboxylic acids is 1. The Balaban J connectivity index is 2.26. The van der Waals surface area contributed by atoms with Crippen LogP contribution in [0.25, 0.3) is 0 Å². The van der Waals surface area contributed by atoms with E-state index >= 15 is 0 Å². The SMILES string of the molecule is CC(C(=O)O)N(C)C(=O)CCSSc1ccccc1. The van der Waals surface area contributed by atoms with E-state index in [0.29, 0.717) is 12.2 Å². The minimum atomic E-state index is -0.984. The highest BCUT2D eigenvalue weighted by molar-refractivity contribution is 8.76. The highest BCUT2D eigenvalue weighted by Gasteiger charge is 2.20. The molecule has 6 heteroatoms. The van der Waals surface area contributed by atoms with Gasteiger partial charge in [0.05, 0.1) is 0 Å². The zero-order valence-corrected chi connectivity index (χ0v) is 12.5. The van der Waals surface area contributed by atoms with Crippen LogP contribution in [0.3, 0.4) is 0 Å². The Hall–Kier alpha value is -1.14. The Morgan fingerprint density at radius 2 is 1.95 bits per heavy atom. The summed E-state index contributed by atoms with van der Waals surface area (Å²) in [5.41, 5.74) is 0. The highest BCUT2D eigenvalue weighted by atomic mass is 33.1. The fraction of sp³-hybridized carbons (Fsp3) is 0.385. The summed E-state index contributed by atoms with van der Waals surface area (Å²) in [6, 6.07) is 9.14. The average molecular weight is 299 g/mol. The molecule has 104 valence electrons. The number of carbonyl (C=O) groups is 2. The van der Waals surface area contributed by atoms with Gasteiger partial charge in [0.1, 0.15) is 6.04 Å². The van der Waals surface area contributed by atoms with Crippen molar-refractivity contribution < 1.29 is 14.7 Å². The van der Waals surface area contributed by atoms with Crippen LogP contribution in [0, 0.1) is 0 Å². The van der Waals surface area contributed by atoms with Gasteiger partial charge in [-0.25, -0.2) is 4.79 Å². The summed E-state index contributed by atoms with van der Waals surface area (Å²) in [6.45, 7) is 1.51. The minimum Gasteiger partial charge on any atom is -0.480 e. The van der Waals surface area contributed by atoms with Crippen LogP contribution in [0.1, 0.15) is 13.3 Å². The zero-order chi connectivity index (χ0) is 14.3. The van der Waals surface area contributed by atoms with E-state index in [2.05, 4.69) is 0 Å². The maximum atomic E-state index is 11.7. The van der Waals surface area contributed by atoms with E-state index in [1.54, 1.807) is 21.6 Å². The van der Waals surface area contributed by atoms with Crippen molar-refractivity contribution in [1.29, 1.82) is 0 Å². The number of nitrogens with zero attached hydrogens (tertiary/aromatic N) is 1. The molecule has 1 atom stereocenters. The van der Waals surface area contributed by atoms with Gasteiger partial charge in [0, 0.05) is 24.1 Å². The predicted octanol–water partition coefficient (Wildman–Crippen LogP) is 2.75. The van der Waals surface area contributed by atoms with E-state index < -0.39 is 12.0 Å². The van der Waals surface area contributed by atoms with Crippen molar-refractivity contribution in [3.8, 4) is 0 Å². The van der Waals surface area contributed by atoms with Crippen LogP contribution in [0.2, 0.25) is 0 Å². The molecule has 0 aliphatic heterocycles. The largest absolute Gasteiger partial charge is 0.480 e. The second-order valence-corrected chi connectivity index (χ2v) is 6.48. The Bertz CT molecular complexity index is 425.